The summed E-state index contributed by atoms with van der Waals surface area (Å²) in [4.78, 5) is 13.8. The lowest BCUT2D eigenvalue weighted by atomic mass is 10.1. The fourth-order valence-electron chi connectivity index (χ4n) is 2.68. The molecular formula is C14H20N4OS. The number of hydrogen-bond acceptors (Lipinski definition) is 6. The lowest BCUT2D eigenvalue weighted by Crippen LogP contribution is -2.22. The summed E-state index contributed by atoms with van der Waals surface area (Å²) in [5.41, 5.74) is 0. The summed E-state index contributed by atoms with van der Waals surface area (Å²) in [7, 11) is 0. The summed E-state index contributed by atoms with van der Waals surface area (Å²) in [6.45, 7) is 7.05. The highest BCUT2D eigenvalue weighted by Crippen LogP contribution is 2.34. The summed E-state index contributed by atoms with van der Waals surface area (Å²) >= 11 is 1.70. The van der Waals surface area contributed by atoms with E-state index in [1.54, 1.807) is 11.3 Å². The Balaban J connectivity index is 2.03. The number of thiophene rings is 1. The zero-order valence-electron chi connectivity index (χ0n) is 11.9. The normalized spacial score (nSPS) is 18.9. The number of nitrogens with one attached hydrogen (secondary N) is 1. The van der Waals surface area contributed by atoms with Gasteiger partial charge in [0.05, 0.1) is 5.39 Å². The molecule has 2 aromatic heterocycles. The van der Waals surface area contributed by atoms with E-state index >= 15 is 0 Å². The molecule has 0 saturated carbocycles. The molecule has 2 aromatic rings. The number of nitrogens with zero attached hydrogens (tertiary/aromatic N) is 3. The van der Waals surface area contributed by atoms with Crippen LogP contribution in [0.25, 0.3) is 10.2 Å². The summed E-state index contributed by atoms with van der Waals surface area (Å²) in [6.07, 6.45) is 1.03. The summed E-state index contributed by atoms with van der Waals surface area (Å²) in [5, 5.41) is 13.7. The highest BCUT2D eigenvalue weighted by molar-refractivity contribution is 7.18. The molecule has 5 nitrogen and oxygen atoms in total. The van der Waals surface area contributed by atoms with Gasteiger partial charge in [-0.15, -0.1) is 11.3 Å². The van der Waals surface area contributed by atoms with Crippen LogP contribution >= 0.6 is 11.3 Å². The minimum atomic E-state index is 0.257. The zero-order valence-corrected chi connectivity index (χ0v) is 12.7. The van der Waals surface area contributed by atoms with E-state index in [0.717, 1.165) is 42.1 Å². The molecule has 3 heterocycles. The molecule has 1 saturated heterocycles. The Bertz CT molecular complexity index is 612. The Kier molecular flexibility index (Phi) is 3.76. The Labute approximate surface area is 122 Å². The zero-order chi connectivity index (χ0) is 14.1. The van der Waals surface area contributed by atoms with Crippen molar-refractivity contribution in [1.29, 1.82) is 0 Å². The molecule has 2 N–H and O–H groups in total. The summed E-state index contributed by atoms with van der Waals surface area (Å²) in [5.74, 6) is 2.07. The quantitative estimate of drug-likeness (QED) is 0.905. The molecule has 0 aliphatic carbocycles. The van der Waals surface area contributed by atoms with E-state index < -0.39 is 0 Å². The maximum Gasteiger partial charge on any atom is 0.226 e. The third kappa shape index (κ3) is 2.45. The van der Waals surface area contributed by atoms with Crippen LogP contribution in [0.1, 0.15) is 18.2 Å². The maximum atomic E-state index is 9.32. The molecule has 108 valence electrons. The van der Waals surface area contributed by atoms with Crippen molar-refractivity contribution in [2.24, 2.45) is 5.92 Å². The molecule has 0 radical (unpaired) electrons. The van der Waals surface area contributed by atoms with Gasteiger partial charge in [-0.2, -0.15) is 4.98 Å². The number of rotatable bonds is 4. The molecule has 0 spiro atoms. The van der Waals surface area contributed by atoms with Crippen molar-refractivity contribution >= 4 is 33.3 Å². The van der Waals surface area contributed by atoms with Crippen LogP contribution in [-0.4, -0.2) is 41.3 Å². The van der Waals surface area contributed by atoms with Crippen molar-refractivity contribution in [2.45, 2.75) is 20.3 Å². The van der Waals surface area contributed by atoms with Crippen molar-refractivity contribution < 1.29 is 5.11 Å². The minimum absolute atomic E-state index is 0.257. The predicted molar refractivity (Wildman–Crippen MR) is 83.7 cm³/mol. The smallest absolute Gasteiger partial charge is 0.226 e. The molecule has 6 heteroatoms. The second-order valence-electron chi connectivity index (χ2n) is 5.26. The number of aromatic nitrogens is 2. The van der Waals surface area contributed by atoms with Crippen LogP contribution in [0.4, 0.5) is 11.8 Å². The fraction of sp³-hybridized carbons (Fsp3) is 0.571. The van der Waals surface area contributed by atoms with Gasteiger partial charge in [-0.25, -0.2) is 4.98 Å². The van der Waals surface area contributed by atoms with E-state index in [1.807, 2.05) is 6.92 Å². The van der Waals surface area contributed by atoms with Crippen molar-refractivity contribution in [3.05, 3.63) is 10.9 Å². The first kappa shape index (κ1) is 13.6. The van der Waals surface area contributed by atoms with Crippen LogP contribution in [0.3, 0.4) is 0 Å². The lowest BCUT2D eigenvalue weighted by molar-refractivity contribution is 0.238. The molecule has 0 amide bonds. The second-order valence-corrected chi connectivity index (χ2v) is 6.50. The molecular weight excluding hydrogens is 272 g/mol. The number of hydrogen-bond donors (Lipinski definition) is 2. The predicted octanol–water partition coefficient (Wildman–Crippen LogP) is 2.25. The Morgan fingerprint density at radius 3 is 3.05 bits per heavy atom. The number of aryl methyl sites for hydroxylation is 1. The Morgan fingerprint density at radius 2 is 2.35 bits per heavy atom. The third-order valence-electron chi connectivity index (χ3n) is 3.67. The molecule has 1 fully saturated rings. The van der Waals surface area contributed by atoms with Gasteiger partial charge in [0, 0.05) is 37.0 Å². The maximum absolute atomic E-state index is 9.32. The molecule has 0 aromatic carbocycles. The second kappa shape index (κ2) is 5.54. The lowest BCUT2D eigenvalue weighted by Gasteiger charge is -2.19. The molecule has 1 unspecified atom stereocenters. The van der Waals surface area contributed by atoms with E-state index in [0.29, 0.717) is 11.9 Å². The molecule has 3 rings (SSSR count). The Hall–Kier alpha value is -1.40. The topological polar surface area (TPSA) is 61.3 Å². The van der Waals surface area contributed by atoms with Gasteiger partial charge in [-0.05, 0) is 26.3 Å². The van der Waals surface area contributed by atoms with Gasteiger partial charge in [0.2, 0.25) is 5.95 Å². The number of fused-ring (bicyclic) bond motifs is 1. The molecule has 1 atom stereocenters. The first-order valence-electron chi connectivity index (χ1n) is 7.09. The van der Waals surface area contributed by atoms with Gasteiger partial charge in [0.15, 0.2) is 0 Å². The van der Waals surface area contributed by atoms with Gasteiger partial charge in [0.1, 0.15) is 10.6 Å². The summed E-state index contributed by atoms with van der Waals surface area (Å²) in [6, 6.07) is 2.16. The third-order valence-corrected chi connectivity index (χ3v) is 4.62. The van der Waals surface area contributed by atoms with E-state index in [1.165, 1.54) is 4.88 Å². The molecule has 1 aliphatic rings. The van der Waals surface area contributed by atoms with Crippen LogP contribution < -0.4 is 10.2 Å². The van der Waals surface area contributed by atoms with E-state index in [9.17, 15) is 5.11 Å². The van der Waals surface area contributed by atoms with Crippen LogP contribution in [0, 0.1) is 12.8 Å². The van der Waals surface area contributed by atoms with Gasteiger partial charge in [-0.3, -0.25) is 0 Å². The highest BCUT2D eigenvalue weighted by atomic mass is 32.1. The van der Waals surface area contributed by atoms with Crippen molar-refractivity contribution in [2.75, 3.05) is 36.5 Å². The molecule has 1 aliphatic heterocycles. The van der Waals surface area contributed by atoms with Gasteiger partial charge >= 0.3 is 0 Å². The average molecular weight is 292 g/mol. The monoisotopic (exact) mass is 292 g/mol. The largest absolute Gasteiger partial charge is 0.396 e. The van der Waals surface area contributed by atoms with E-state index in [2.05, 4.69) is 33.2 Å². The van der Waals surface area contributed by atoms with Crippen molar-refractivity contribution in [3.8, 4) is 0 Å². The minimum Gasteiger partial charge on any atom is -0.396 e. The van der Waals surface area contributed by atoms with E-state index in [4.69, 9.17) is 0 Å². The molecule has 20 heavy (non-hydrogen) atoms. The van der Waals surface area contributed by atoms with E-state index in [-0.39, 0.29) is 6.61 Å². The van der Waals surface area contributed by atoms with Crippen molar-refractivity contribution in [1.82, 2.24) is 9.97 Å². The first-order chi connectivity index (χ1) is 9.71. The SMILES string of the molecule is CCNc1nc(N2CCC(CO)C2)c2cc(C)sc2n1. The number of aliphatic hydroxyl groups excluding tert-OH is 1. The van der Waals surface area contributed by atoms with Gasteiger partial charge in [0.25, 0.3) is 0 Å². The van der Waals surface area contributed by atoms with Gasteiger partial charge in [-0.1, -0.05) is 0 Å². The number of aliphatic hydroxyl groups is 1. The fourth-order valence-corrected chi connectivity index (χ4v) is 3.55. The van der Waals surface area contributed by atoms with Crippen LogP contribution in [-0.2, 0) is 0 Å². The van der Waals surface area contributed by atoms with Crippen LogP contribution in [0.15, 0.2) is 6.07 Å². The number of anilines is 2. The first-order valence-corrected chi connectivity index (χ1v) is 7.90. The van der Waals surface area contributed by atoms with Crippen LogP contribution in [0.5, 0.6) is 0 Å². The highest BCUT2D eigenvalue weighted by Gasteiger charge is 2.25. The van der Waals surface area contributed by atoms with Crippen LogP contribution in [0.2, 0.25) is 0 Å². The standard InChI is InChI=1S/C14H20N4OS/c1-3-15-14-16-12(18-5-4-10(7-18)8-19)11-6-9(2)20-13(11)17-14/h6,10,19H,3-5,7-8H2,1-2H3,(H,15,16,17). The Morgan fingerprint density at radius 1 is 1.50 bits per heavy atom. The summed E-state index contributed by atoms with van der Waals surface area (Å²) < 4.78 is 0. The molecule has 0 bridgehead atoms. The van der Waals surface area contributed by atoms with Gasteiger partial charge < -0.3 is 15.3 Å². The average Bonchev–Trinajstić information content (AvgIpc) is 3.03. The van der Waals surface area contributed by atoms with Crippen molar-refractivity contribution in [3.63, 3.8) is 0 Å².